The Morgan fingerprint density at radius 1 is 1.10 bits per heavy atom. The van der Waals surface area contributed by atoms with Crippen molar-refractivity contribution in [3.8, 4) is 0 Å². The van der Waals surface area contributed by atoms with Gasteiger partial charge in [-0.2, -0.15) is 0 Å². The van der Waals surface area contributed by atoms with Gasteiger partial charge in [0.15, 0.2) is 0 Å². The van der Waals surface area contributed by atoms with Crippen LogP contribution in [0.2, 0.25) is 0 Å². The van der Waals surface area contributed by atoms with Crippen molar-refractivity contribution in [1.29, 1.82) is 0 Å². The number of nitrogens with one attached hydrogen (secondary N) is 1. The van der Waals surface area contributed by atoms with Crippen LogP contribution in [-0.2, 0) is 11.3 Å². The average Bonchev–Trinajstić information content (AvgIpc) is 2.90. The van der Waals surface area contributed by atoms with Gasteiger partial charge in [0, 0.05) is 38.7 Å². The van der Waals surface area contributed by atoms with Crippen molar-refractivity contribution >= 4 is 5.95 Å². The molecular weight excluding hydrogens is 250 g/mol. The molecule has 0 unspecified atom stereocenters. The lowest BCUT2D eigenvalue weighted by molar-refractivity contribution is 0.142. The summed E-state index contributed by atoms with van der Waals surface area (Å²) in [6.45, 7) is 7.91. The molecule has 116 valence electrons. The fourth-order valence-corrected chi connectivity index (χ4v) is 2.24. The SMILES string of the molecule is CCCCCCCCNc1nccn1CCCOCC. The molecule has 1 heterocycles. The number of rotatable bonds is 13. The molecule has 0 aliphatic rings. The highest BCUT2D eigenvalue weighted by Crippen LogP contribution is 2.08. The van der Waals surface area contributed by atoms with Gasteiger partial charge in [-0.15, -0.1) is 0 Å². The fourth-order valence-electron chi connectivity index (χ4n) is 2.24. The van der Waals surface area contributed by atoms with Crippen LogP contribution in [0.5, 0.6) is 0 Å². The minimum Gasteiger partial charge on any atom is -0.382 e. The van der Waals surface area contributed by atoms with Gasteiger partial charge in [-0.05, 0) is 19.8 Å². The maximum atomic E-state index is 5.36. The largest absolute Gasteiger partial charge is 0.382 e. The summed E-state index contributed by atoms with van der Waals surface area (Å²) in [6, 6.07) is 0. The topological polar surface area (TPSA) is 39.1 Å². The molecule has 0 aliphatic heterocycles. The first-order chi connectivity index (χ1) is 9.88. The molecule has 20 heavy (non-hydrogen) atoms. The number of aromatic nitrogens is 2. The second-order valence-electron chi connectivity index (χ2n) is 5.19. The van der Waals surface area contributed by atoms with E-state index in [9.17, 15) is 0 Å². The maximum Gasteiger partial charge on any atom is 0.202 e. The lowest BCUT2D eigenvalue weighted by Gasteiger charge is -2.09. The second kappa shape index (κ2) is 11.8. The first-order valence-corrected chi connectivity index (χ1v) is 8.21. The van der Waals surface area contributed by atoms with E-state index >= 15 is 0 Å². The van der Waals surface area contributed by atoms with Crippen LogP contribution in [-0.4, -0.2) is 29.3 Å². The van der Waals surface area contributed by atoms with Crippen molar-refractivity contribution in [2.45, 2.75) is 65.3 Å². The van der Waals surface area contributed by atoms with E-state index in [1.165, 1.54) is 38.5 Å². The normalized spacial score (nSPS) is 10.9. The van der Waals surface area contributed by atoms with E-state index in [0.717, 1.165) is 38.7 Å². The zero-order valence-electron chi connectivity index (χ0n) is 13.2. The molecule has 0 aliphatic carbocycles. The molecule has 1 aromatic heterocycles. The highest BCUT2D eigenvalue weighted by atomic mass is 16.5. The first kappa shape index (κ1) is 17.0. The molecule has 1 rings (SSSR count). The Morgan fingerprint density at radius 3 is 2.70 bits per heavy atom. The van der Waals surface area contributed by atoms with E-state index in [1.54, 1.807) is 0 Å². The highest BCUT2D eigenvalue weighted by molar-refractivity contribution is 5.25. The lowest BCUT2D eigenvalue weighted by Crippen LogP contribution is -2.10. The van der Waals surface area contributed by atoms with Crippen LogP contribution in [0.4, 0.5) is 5.95 Å². The zero-order valence-corrected chi connectivity index (χ0v) is 13.2. The molecule has 0 atom stereocenters. The van der Waals surface area contributed by atoms with E-state index in [-0.39, 0.29) is 0 Å². The fraction of sp³-hybridized carbons (Fsp3) is 0.812. The number of nitrogens with zero attached hydrogens (tertiary/aromatic N) is 2. The monoisotopic (exact) mass is 281 g/mol. The number of aryl methyl sites for hydroxylation is 1. The van der Waals surface area contributed by atoms with Gasteiger partial charge in [0.25, 0.3) is 0 Å². The summed E-state index contributed by atoms with van der Waals surface area (Å²) >= 11 is 0. The van der Waals surface area contributed by atoms with Gasteiger partial charge in [0.05, 0.1) is 0 Å². The number of ether oxygens (including phenoxy) is 1. The minimum absolute atomic E-state index is 0.799. The molecule has 4 nitrogen and oxygen atoms in total. The van der Waals surface area contributed by atoms with Crippen molar-refractivity contribution < 1.29 is 4.74 Å². The first-order valence-electron chi connectivity index (χ1n) is 8.21. The van der Waals surface area contributed by atoms with Gasteiger partial charge in [-0.25, -0.2) is 4.98 Å². The molecule has 0 bridgehead atoms. The molecule has 4 heteroatoms. The summed E-state index contributed by atoms with van der Waals surface area (Å²) in [4.78, 5) is 4.37. The number of hydrogen-bond donors (Lipinski definition) is 1. The molecular formula is C16H31N3O. The van der Waals surface area contributed by atoms with Crippen molar-refractivity contribution in [3.63, 3.8) is 0 Å². The van der Waals surface area contributed by atoms with Crippen LogP contribution in [0.15, 0.2) is 12.4 Å². The average molecular weight is 281 g/mol. The number of imidazole rings is 1. The summed E-state index contributed by atoms with van der Waals surface area (Å²) in [6.07, 6.45) is 12.9. The van der Waals surface area contributed by atoms with E-state index in [1.807, 2.05) is 19.3 Å². The molecule has 0 saturated heterocycles. The third-order valence-corrected chi connectivity index (χ3v) is 3.42. The van der Waals surface area contributed by atoms with Crippen LogP contribution in [0, 0.1) is 0 Å². The minimum atomic E-state index is 0.799. The Kier molecular flexibility index (Phi) is 10.0. The van der Waals surface area contributed by atoms with Gasteiger partial charge < -0.3 is 14.6 Å². The van der Waals surface area contributed by atoms with Crippen LogP contribution < -0.4 is 5.32 Å². The Labute approximate surface area is 123 Å². The van der Waals surface area contributed by atoms with Gasteiger partial charge in [-0.1, -0.05) is 39.0 Å². The van der Waals surface area contributed by atoms with E-state index in [4.69, 9.17) is 4.74 Å². The summed E-state index contributed by atoms with van der Waals surface area (Å²) in [5.74, 6) is 0.995. The van der Waals surface area contributed by atoms with Crippen LogP contribution in [0.1, 0.15) is 58.8 Å². The van der Waals surface area contributed by atoms with Crippen molar-refractivity contribution in [2.75, 3.05) is 25.1 Å². The Hall–Kier alpha value is -1.03. The third-order valence-electron chi connectivity index (χ3n) is 3.42. The molecule has 0 fully saturated rings. The van der Waals surface area contributed by atoms with Gasteiger partial charge >= 0.3 is 0 Å². The summed E-state index contributed by atoms with van der Waals surface area (Å²) in [7, 11) is 0. The number of anilines is 1. The Bertz CT molecular complexity index is 325. The number of hydrogen-bond acceptors (Lipinski definition) is 3. The molecule has 0 saturated carbocycles. The highest BCUT2D eigenvalue weighted by Gasteiger charge is 2.01. The molecule has 1 aromatic rings. The molecule has 0 spiro atoms. The summed E-state index contributed by atoms with van der Waals surface area (Å²) in [5.41, 5.74) is 0. The van der Waals surface area contributed by atoms with Gasteiger partial charge in [0.1, 0.15) is 0 Å². The molecule has 0 radical (unpaired) electrons. The van der Waals surface area contributed by atoms with E-state index in [0.29, 0.717) is 0 Å². The standard InChI is InChI=1S/C16H31N3O/c1-3-5-6-7-8-9-11-17-16-18-12-14-19(16)13-10-15-20-4-2/h12,14H,3-11,13,15H2,1-2H3,(H,17,18). The lowest BCUT2D eigenvalue weighted by atomic mass is 10.1. The van der Waals surface area contributed by atoms with Crippen molar-refractivity contribution in [1.82, 2.24) is 9.55 Å². The maximum absolute atomic E-state index is 5.36. The Morgan fingerprint density at radius 2 is 1.90 bits per heavy atom. The second-order valence-corrected chi connectivity index (χ2v) is 5.19. The predicted molar refractivity (Wildman–Crippen MR) is 85.2 cm³/mol. The molecule has 0 aromatic carbocycles. The molecule has 1 N–H and O–H groups in total. The van der Waals surface area contributed by atoms with Gasteiger partial charge in [0.2, 0.25) is 5.95 Å². The summed E-state index contributed by atoms with van der Waals surface area (Å²) in [5, 5.41) is 3.44. The quantitative estimate of drug-likeness (QED) is 0.554. The summed E-state index contributed by atoms with van der Waals surface area (Å²) < 4.78 is 7.54. The van der Waals surface area contributed by atoms with Crippen molar-refractivity contribution in [3.05, 3.63) is 12.4 Å². The van der Waals surface area contributed by atoms with Crippen LogP contribution in [0.25, 0.3) is 0 Å². The smallest absolute Gasteiger partial charge is 0.202 e. The molecule has 0 amide bonds. The zero-order chi connectivity index (χ0) is 14.5. The van der Waals surface area contributed by atoms with Gasteiger partial charge in [-0.3, -0.25) is 0 Å². The predicted octanol–water partition coefficient (Wildman–Crippen LogP) is 4.08. The third kappa shape index (κ3) is 7.53. The number of unbranched alkanes of at least 4 members (excludes halogenated alkanes) is 5. The van der Waals surface area contributed by atoms with E-state index in [2.05, 4.69) is 21.8 Å². The van der Waals surface area contributed by atoms with E-state index < -0.39 is 0 Å². The van der Waals surface area contributed by atoms with Crippen molar-refractivity contribution in [2.24, 2.45) is 0 Å². The Balaban J connectivity index is 2.09. The van der Waals surface area contributed by atoms with Crippen LogP contribution >= 0.6 is 0 Å². The van der Waals surface area contributed by atoms with Crippen LogP contribution in [0.3, 0.4) is 0 Å².